The van der Waals surface area contributed by atoms with Gasteiger partial charge in [0.2, 0.25) is 0 Å². The molecule has 4 heteroatoms. The molecule has 1 fully saturated rings. The first-order valence-electron chi connectivity index (χ1n) is 6.43. The fourth-order valence-electron chi connectivity index (χ4n) is 2.49. The number of aliphatic hydroxyl groups excluding tert-OH is 1. The molecule has 1 saturated carbocycles. The van der Waals surface area contributed by atoms with Gasteiger partial charge in [-0.1, -0.05) is 15.9 Å². The second kappa shape index (κ2) is 6.55. The van der Waals surface area contributed by atoms with Crippen molar-refractivity contribution >= 4 is 15.9 Å². The Hall–Kier alpha value is -0.580. The number of methoxy groups -OCH3 is 1. The summed E-state index contributed by atoms with van der Waals surface area (Å²) >= 11 is 3.48. The van der Waals surface area contributed by atoms with Gasteiger partial charge in [0.25, 0.3) is 0 Å². The summed E-state index contributed by atoms with van der Waals surface area (Å²) in [5.41, 5.74) is 1.15. The Kier molecular flexibility index (Phi) is 5.03. The molecule has 2 atom stereocenters. The number of halogens is 1. The van der Waals surface area contributed by atoms with E-state index in [9.17, 15) is 5.11 Å². The fourth-order valence-corrected chi connectivity index (χ4v) is 2.90. The Morgan fingerprint density at radius 3 is 3.00 bits per heavy atom. The van der Waals surface area contributed by atoms with Crippen molar-refractivity contribution in [1.29, 1.82) is 0 Å². The zero-order valence-corrected chi connectivity index (χ0v) is 12.2. The molecule has 1 aromatic rings. The highest BCUT2D eigenvalue weighted by Crippen LogP contribution is 2.24. The summed E-state index contributed by atoms with van der Waals surface area (Å²) in [6, 6.07) is 6.44. The van der Waals surface area contributed by atoms with E-state index in [2.05, 4.69) is 27.3 Å². The first-order chi connectivity index (χ1) is 8.69. The average molecular weight is 314 g/mol. The monoisotopic (exact) mass is 313 g/mol. The number of benzene rings is 1. The molecule has 3 nitrogen and oxygen atoms in total. The molecule has 0 spiro atoms. The molecule has 0 saturated heterocycles. The van der Waals surface area contributed by atoms with Crippen LogP contribution in [0.5, 0.6) is 5.75 Å². The van der Waals surface area contributed by atoms with Crippen LogP contribution in [0.15, 0.2) is 22.7 Å². The zero-order valence-electron chi connectivity index (χ0n) is 10.7. The maximum atomic E-state index is 9.65. The second-order valence-corrected chi connectivity index (χ2v) is 5.77. The summed E-state index contributed by atoms with van der Waals surface area (Å²) in [4.78, 5) is 0. The highest BCUT2D eigenvalue weighted by molar-refractivity contribution is 9.10. The number of rotatable bonds is 4. The van der Waals surface area contributed by atoms with Gasteiger partial charge in [0, 0.05) is 22.6 Å². The van der Waals surface area contributed by atoms with Crippen LogP contribution in [0.4, 0.5) is 0 Å². The van der Waals surface area contributed by atoms with Crippen molar-refractivity contribution < 1.29 is 9.84 Å². The summed E-state index contributed by atoms with van der Waals surface area (Å²) in [5.74, 6) is 0.905. The van der Waals surface area contributed by atoms with Gasteiger partial charge in [0.15, 0.2) is 0 Å². The molecule has 1 aromatic carbocycles. The first-order valence-corrected chi connectivity index (χ1v) is 7.22. The maximum Gasteiger partial charge on any atom is 0.123 e. The van der Waals surface area contributed by atoms with Crippen LogP contribution < -0.4 is 10.1 Å². The largest absolute Gasteiger partial charge is 0.496 e. The van der Waals surface area contributed by atoms with Gasteiger partial charge < -0.3 is 15.2 Å². The summed E-state index contributed by atoms with van der Waals surface area (Å²) in [6.07, 6.45) is 3.91. The molecule has 0 bridgehead atoms. The Balaban J connectivity index is 1.94. The lowest BCUT2D eigenvalue weighted by atomic mass is 9.93. The van der Waals surface area contributed by atoms with Crippen LogP contribution in [-0.2, 0) is 6.54 Å². The number of nitrogens with one attached hydrogen (secondary N) is 1. The van der Waals surface area contributed by atoms with E-state index in [4.69, 9.17) is 4.74 Å². The molecule has 2 N–H and O–H groups in total. The molecule has 0 radical (unpaired) electrons. The predicted molar refractivity (Wildman–Crippen MR) is 75.8 cm³/mol. The third-order valence-electron chi connectivity index (χ3n) is 3.47. The fraction of sp³-hybridized carbons (Fsp3) is 0.571. The molecule has 1 aliphatic rings. The summed E-state index contributed by atoms with van der Waals surface area (Å²) < 4.78 is 6.41. The zero-order chi connectivity index (χ0) is 13.0. The molecule has 100 valence electrons. The minimum Gasteiger partial charge on any atom is -0.496 e. The Labute approximate surface area is 117 Å². The SMILES string of the molecule is COc1ccc(Br)cc1CNC1CCCC(O)C1. The minimum absolute atomic E-state index is 0.138. The molecule has 0 amide bonds. The van der Waals surface area contributed by atoms with Crippen LogP contribution >= 0.6 is 15.9 Å². The van der Waals surface area contributed by atoms with Gasteiger partial charge in [-0.3, -0.25) is 0 Å². The van der Waals surface area contributed by atoms with E-state index in [1.54, 1.807) is 7.11 Å². The molecular formula is C14H20BrNO2. The lowest BCUT2D eigenvalue weighted by Crippen LogP contribution is -2.35. The van der Waals surface area contributed by atoms with Crippen LogP contribution in [0.25, 0.3) is 0 Å². The van der Waals surface area contributed by atoms with Crippen molar-refractivity contribution in [2.75, 3.05) is 7.11 Å². The van der Waals surface area contributed by atoms with Gasteiger partial charge in [0.05, 0.1) is 13.2 Å². The van der Waals surface area contributed by atoms with Crippen molar-refractivity contribution in [3.8, 4) is 5.75 Å². The van der Waals surface area contributed by atoms with Gasteiger partial charge in [-0.2, -0.15) is 0 Å². The summed E-state index contributed by atoms with van der Waals surface area (Å²) in [5, 5.41) is 13.2. The molecule has 0 aliphatic heterocycles. The van der Waals surface area contributed by atoms with Gasteiger partial charge in [0.1, 0.15) is 5.75 Å². The molecular weight excluding hydrogens is 294 g/mol. The molecule has 1 aliphatic carbocycles. The van der Waals surface area contributed by atoms with E-state index < -0.39 is 0 Å². The van der Waals surface area contributed by atoms with E-state index in [-0.39, 0.29) is 6.10 Å². The normalized spacial score (nSPS) is 23.9. The molecule has 18 heavy (non-hydrogen) atoms. The van der Waals surface area contributed by atoms with Gasteiger partial charge in [-0.15, -0.1) is 0 Å². The topological polar surface area (TPSA) is 41.5 Å². The van der Waals surface area contributed by atoms with Gasteiger partial charge >= 0.3 is 0 Å². The van der Waals surface area contributed by atoms with Crippen molar-refractivity contribution in [3.05, 3.63) is 28.2 Å². The molecule has 0 heterocycles. The third-order valence-corrected chi connectivity index (χ3v) is 3.96. The second-order valence-electron chi connectivity index (χ2n) is 4.85. The standard InChI is InChI=1S/C14H20BrNO2/c1-18-14-6-5-11(15)7-10(14)9-16-12-3-2-4-13(17)8-12/h5-7,12-13,16-17H,2-4,8-9H2,1H3. The molecule has 2 unspecified atom stereocenters. The lowest BCUT2D eigenvalue weighted by Gasteiger charge is -2.27. The maximum absolute atomic E-state index is 9.65. The summed E-state index contributed by atoms with van der Waals surface area (Å²) in [7, 11) is 1.69. The first kappa shape index (κ1) is 13.8. The number of ether oxygens (including phenoxy) is 1. The highest BCUT2D eigenvalue weighted by Gasteiger charge is 2.19. The summed E-state index contributed by atoms with van der Waals surface area (Å²) in [6.45, 7) is 0.778. The van der Waals surface area contributed by atoms with E-state index in [0.717, 1.165) is 48.0 Å². The predicted octanol–water partition coefficient (Wildman–Crippen LogP) is 2.85. The van der Waals surface area contributed by atoms with Crippen LogP contribution in [0.1, 0.15) is 31.2 Å². The minimum atomic E-state index is -0.138. The van der Waals surface area contributed by atoms with Crippen LogP contribution in [0, 0.1) is 0 Å². The number of hydrogen-bond acceptors (Lipinski definition) is 3. The van der Waals surface area contributed by atoms with Crippen LogP contribution in [0.2, 0.25) is 0 Å². The van der Waals surface area contributed by atoms with E-state index >= 15 is 0 Å². The van der Waals surface area contributed by atoms with Crippen molar-refractivity contribution in [2.24, 2.45) is 0 Å². The van der Waals surface area contributed by atoms with E-state index in [1.165, 1.54) is 0 Å². The van der Waals surface area contributed by atoms with Crippen LogP contribution in [0.3, 0.4) is 0 Å². The van der Waals surface area contributed by atoms with Gasteiger partial charge in [-0.05, 0) is 43.9 Å². The third kappa shape index (κ3) is 3.70. The lowest BCUT2D eigenvalue weighted by molar-refractivity contribution is 0.111. The smallest absolute Gasteiger partial charge is 0.123 e. The van der Waals surface area contributed by atoms with Gasteiger partial charge in [-0.25, -0.2) is 0 Å². The average Bonchev–Trinajstić information content (AvgIpc) is 2.37. The Morgan fingerprint density at radius 2 is 2.28 bits per heavy atom. The highest BCUT2D eigenvalue weighted by atomic mass is 79.9. The van der Waals surface area contributed by atoms with Crippen LogP contribution in [-0.4, -0.2) is 24.4 Å². The number of hydrogen-bond donors (Lipinski definition) is 2. The van der Waals surface area contributed by atoms with Crippen molar-refractivity contribution in [2.45, 2.75) is 44.4 Å². The van der Waals surface area contributed by atoms with Crippen molar-refractivity contribution in [1.82, 2.24) is 5.32 Å². The van der Waals surface area contributed by atoms with E-state index in [1.807, 2.05) is 12.1 Å². The van der Waals surface area contributed by atoms with Crippen molar-refractivity contribution in [3.63, 3.8) is 0 Å². The van der Waals surface area contributed by atoms with E-state index in [0.29, 0.717) is 6.04 Å². The Bertz CT molecular complexity index is 397. The molecule has 0 aromatic heterocycles. The quantitative estimate of drug-likeness (QED) is 0.898. The number of aliphatic hydroxyl groups is 1. The Morgan fingerprint density at radius 1 is 1.44 bits per heavy atom. The molecule has 2 rings (SSSR count).